The maximum Gasteiger partial charge on any atom is 0.268 e. The molecule has 1 heterocycles. The molecule has 0 atom stereocenters. The van der Waals surface area contributed by atoms with Crippen molar-refractivity contribution in [3.05, 3.63) is 57.9 Å². The second-order valence-electron chi connectivity index (χ2n) is 4.98. The van der Waals surface area contributed by atoms with Crippen molar-refractivity contribution in [1.82, 2.24) is 4.57 Å². The predicted octanol–water partition coefficient (Wildman–Crippen LogP) is 2.80. The molecule has 1 aromatic carbocycles. The van der Waals surface area contributed by atoms with Gasteiger partial charge in [0, 0.05) is 7.05 Å². The van der Waals surface area contributed by atoms with Crippen molar-refractivity contribution in [2.45, 2.75) is 18.8 Å². The van der Waals surface area contributed by atoms with E-state index in [-0.39, 0.29) is 5.56 Å². The Bertz CT molecular complexity index is 719. The maximum atomic E-state index is 12.3. The highest BCUT2D eigenvalue weighted by molar-refractivity contribution is 5.62. The van der Waals surface area contributed by atoms with Crippen LogP contribution in [0, 0.1) is 11.3 Å². The first kappa shape index (κ1) is 11.7. The predicted molar refractivity (Wildman–Crippen MR) is 73.8 cm³/mol. The minimum absolute atomic E-state index is 0.189. The molecular weight excluding hydrogens is 236 g/mol. The smallest absolute Gasteiger partial charge is 0.268 e. The van der Waals surface area contributed by atoms with Crippen LogP contribution < -0.4 is 5.56 Å². The summed E-state index contributed by atoms with van der Waals surface area (Å²) in [5, 5.41) is 9.20. The third-order valence-corrected chi connectivity index (χ3v) is 3.66. The summed E-state index contributed by atoms with van der Waals surface area (Å²) in [6.07, 6.45) is 2.16. The van der Waals surface area contributed by atoms with Crippen LogP contribution in [0.2, 0.25) is 0 Å². The van der Waals surface area contributed by atoms with E-state index in [0.29, 0.717) is 11.5 Å². The molecule has 3 rings (SSSR count). The highest BCUT2D eigenvalue weighted by Gasteiger charge is 2.28. The zero-order valence-corrected chi connectivity index (χ0v) is 10.8. The Morgan fingerprint density at radius 3 is 2.53 bits per heavy atom. The molecule has 0 unspecified atom stereocenters. The highest BCUT2D eigenvalue weighted by Crippen LogP contribution is 2.41. The van der Waals surface area contributed by atoms with Crippen molar-refractivity contribution >= 4 is 0 Å². The Hall–Kier alpha value is -2.34. The molecule has 0 saturated heterocycles. The third-order valence-electron chi connectivity index (χ3n) is 3.66. The van der Waals surface area contributed by atoms with Gasteiger partial charge in [0.2, 0.25) is 0 Å². The Balaban J connectivity index is 2.27. The van der Waals surface area contributed by atoms with Crippen molar-refractivity contribution in [2.24, 2.45) is 7.05 Å². The Kier molecular flexibility index (Phi) is 2.72. The van der Waals surface area contributed by atoms with Crippen molar-refractivity contribution in [3.8, 4) is 17.3 Å². The Labute approximate surface area is 111 Å². The van der Waals surface area contributed by atoms with Crippen LogP contribution >= 0.6 is 0 Å². The molecule has 1 saturated carbocycles. The molecule has 94 valence electrons. The van der Waals surface area contributed by atoms with E-state index in [4.69, 9.17) is 0 Å². The van der Waals surface area contributed by atoms with Gasteiger partial charge in [0.15, 0.2) is 0 Å². The number of nitrogens with zero attached hydrogens (tertiary/aromatic N) is 2. The van der Waals surface area contributed by atoms with Crippen LogP contribution in [-0.4, -0.2) is 4.57 Å². The van der Waals surface area contributed by atoms with E-state index in [9.17, 15) is 10.1 Å². The Morgan fingerprint density at radius 2 is 1.95 bits per heavy atom. The summed E-state index contributed by atoms with van der Waals surface area (Å²) in [6.45, 7) is 0. The van der Waals surface area contributed by atoms with Crippen molar-refractivity contribution in [2.75, 3.05) is 0 Å². The van der Waals surface area contributed by atoms with Crippen molar-refractivity contribution < 1.29 is 0 Å². The fourth-order valence-corrected chi connectivity index (χ4v) is 2.43. The quantitative estimate of drug-likeness (QED) is 0.822. The lowest BCUT2D eigenvalue weighted by atomic mass is 10.0. The van der Waals surface area contributed by atoms with E-state index in [2.05, 4.69) is 6.07 Å². The van der Waals surface area contributed by atoms with E-state index in [1.54, 1.807) is 11.6 Å². The zero-order valence-electron chi connectivity index (χ0n) is 10.8. The molecule has 0 bridgehead atoms. The fraction of sp³-hybridized carbons (Fsp3) is 0.250. The number of hydrogen-bond donors (Lipinski definition) is 0. The van der Waals surface area contributed by atoms with Gasteiger partial charge in [-0.05, 0) is 36.0 Å². The lowest BCUT2D eigenvalue weighted by Gasteiger charge is -2.12. The molecule has 3 nitrogen and oxygen atoms in total. The highest BCUT2D eigenvalue weighted by atomic mass is 16.1. The monoisotopic (exact) mass is 250 g/mol. The van der Waals surface area contributed by atoms with Crippen molar-refractivity contribution in [1.29, 1.82) is 5.26 Å². The number of pyridine rings is 1. The molecule has 19 heavy (non-hydrogen) atoms. The van der Waals surface area contributed by atoms with E-state index in [0.717, 1.165) is 29.7 Å². The topological polar surface area (TPSA) is 45.8 Å². The van der Waals surface area contributed by atoms with E-state index >= 15 is 0 Å². The molecule has 1 aromatic heterocycles. The first-order chi connectivity index (χ1) is 9.22. The van der Waals surface area contributed by atoms with Gasteiger partial charge < -0.3 is 4.57 Å². The minimum atomic E-state index is -0.189. The average Bonchev–Trinajstić information content (AvgIpc) is 3.27. The van der Waals surface area contributed by atoms with Gasteiger partial charge in [-0.2, -0.15) is 5.26 Å². The first-order valence-electron chi connectivity index (χ1n) is 6.42. The number of rotatable bonds is 2. The van der Waals surface area contributed by atoms with Crippen LogP contribution in [0.4, 0.5) is 0 Å². The van der Waals surface area contributed by atoms with Gasteiger partial charge in [0.1, 0.15) is 11.6 Å². The molecule has 0 spiro atoms. The molecule has 0 N–H and O–H groups in total. The van der Waals surface area contributed by atoms with Crippen LogP contribution in [-0.2, 0) is 7.05 Å². The fourth-order valence-electron chi connectivity index (χ4n) is 2.43. The van der Waals surface area contributed by atoms with Gasteiger partial charge in [-0.3, -0.25) is 4.79 Å². The van der Waals surface area contributed by atoms with Gasteiger partial charge in [-0.1, -0.05) is 30.3 Å². The summed E-state index contributed by atoms with van der Waals surface area (Å²) in [7, 11) is 1.72. The van der Waals surface area contributed by atoms with E-state index in [1.165, 1.54) is 0 Å². The van der Waals surface area contributed by atoms with Crippen LogP contribution in [0.15, 0.2) is 41.2 Å². The zero-order chi connectivity index (χ0) is 13.4. The largest absolute Gasteiger partial charge is 0.310 e. The summed E-state index contributed by atoms with van der Waals surface area (Å²) in [6, 6.07) is 13.9. The summed E-state index contributed by atoms with van der Waals surface area (Å²) in [5.74, 6) is 0.394. The SMILES string of the molecule is Cn1c(-c2ccccc2)cc(C2CC2)c(C#N)c1=O. The normalized spacial score (nSPS) is 14.1. The van der Waals surface area contributed by atoms with Crippen molar-refractivity contribution in [3.63, 3.8) is 0 Å². The number of aromatic nitrogens is 1. The summed E-state index contributed by atoms with van der Waals surface area (Å²) in [5.41, 5.74) is 2.93. The average molecular weight is 250 g/mol. The number of hydrogen-bond acceptors (Lipinski definition) is 2. The van der Waals surface area contributed by atoms with Gasteiger partial charge in [0.25, 0.3) is 5.56 Å². The van der Waals surface area contributed by atoms with Gasteiger partial charge in [-0.15, -0.1) is 0 Å². The minimum Gasteiger partial charge on any atom is -0.310 e. The third kappa shape index (κ3) is 1.96. The van der Waals surface area contributed by atoms with E-state index in [1.807, 2.05) is 36.4 Å². The van der Waals surface area contributed by atoms with Gasteiger partial charge >= 0.3 is 0 Å². The summed E-state index contributed by atoms with van der Waals surface area (Å²) in [4.78, 5) is 12.3. The molecule has 0 amide bonds. The summed E-state index contributed by atoms with van der Waals surface area (Å²) < 4.78 is 1.57. The van der Waals surface area contributed by atoms with Crippen LogP contribution in [0.3, 0.4) is 0 Å². The van der Waals surface area contributed by atoms with Gasteiger partial charge in [0.05, 0.1) is 5.69 Å². The van der Waals surface area contributed by atoms with Crippen LogP contribution in [0.25, 0.3) is 11.3 Å². The summed E-state index contributed by atoms with van der Waals surface area (Å²) >= 11 is 0. The van der Waals surface area contributed by atoms with E-state index < -0.39 is 0 Å². The number of nitriles is 1. The molecule has 1 aliphatic carbocycles. The number of benzene rings is 1. The molecule has 1 fully saturated rings. The lowest BCUT2D eigenvalue weighted by Crippen LogP contribution is -2.23. The second kappa shape index (κ2) is 4.40. The molecule has 3 heteroatoms. The molecule has 0 aliphatic heterocycles. The molecule has 0 radical (unpaired) electrons. The van der Waals surface area contributed by atoms with Gasteiger partial charge in [-0.25, -0.2) is 0 Å². The molecule has 1 aliphatic rings. The second-order valence-corrected chi connectivity index (χ2v) is 4.98. The first-order valence-corrected chi connectivity index (χ1v) is 6.42. The standard InChI is InChI=1S/C16H14N2O/c1-18-15(12-5-3-2-4-6-12)9-13(11-7-8-11)14(10-17)16(18)19/h2-6,9,11H,7-8H2,1H3. The lowest BCUT2D eigenvalue weighted by molar-refractivity contribution is 0.853. The Morgan fingerprint density at radius 1 is 1.26 bits per heavy atom. The van der Waals surface area contributed by atoms with Crippen LogP contribution in [0.1, 0.15) is 29.9 Å². The molecular formula is C16H14N2O. The van der Waals surface area contributed by atoms with Crippen LogP contribution in [0.5, 0.6) is 0 Å². The maximum absolute atomic E-state index is 12.3. The molecule has 2 aromatic rings.